The highest BCUT2D eigenvalue weighted by Gasteiger charge is 2.14. The summed E-state index contributed by atoms with van der Waals surface area (Å²) in [6.07, 6.45) is 0. The molecule has 0 aliphatic carbocycles. The van der Waals surface area contributed by atoms with Gasteiger partial charge in [0.05, 0.1) is 12.7 Å². The van der Waals surface area contributed by atoms with Crippen LogP contribution in [0.25, 0.3) is 5.78 Å². The molecule has 2 aromatic heterocycles. The smallest absolute Gasteiger partial charge is 0.337 e. The predicted molar refractivity (Wildman–Crippen MR) is 89.2 cm³/mol. The number of nitrogens with zero attached hydrogens (tertiary/aromatic N) is 4. The molecule has 1 aromatic carbocycles. The zero-order valence-electron chi connectivity index (χ0n) is 14.1. The topological polar surface area (TPSA) is 98.5 Å². The molecule has 128 valence electrons. The van der Waals surface area contributed by atoms with E-state index >= 15 is 0 Å². The Morgan fingerprint density at radius 2 is 1.88 bits per heavy atom. The Morgan fingerprint density at radius 3 is 2.56 bits per heavy atom. The van der Waals surface area contributed by atoms with Gasteiger partial charge >= 0.3 is 5.97 Å². The van der Waals surface area contributed by atoms with Crippen molar-refractivity contribution in [1.29, 1.82) is 0 Å². The average Bonchev–Trinajstić information content (AvgIpc) is 3.04. The number of benzene rings is 1. The summed E-state index contributed by atoms with van der Waals surface area (Å²) in [5.41, 5.74) is 2.97. The van der Waals surface area contributed by atoms with Gasteiger partial charge in [-0.1, -0.05) is 12.1 Å². The molecule has 8 heteroatoms. The van der Waals surface area contributed by atoms with Crippen LogP contribution in [0.2, 0.25) is 0 Å². The number of aryl methyl sites for hydroxylation is 2. The van der Waals surface area contributed by atoms with E-state index in [4.69, 9.17) is 0 Å². The number of ether oxygens (including phenoxy) is 1. The summed E-state index contributed by atoms with van der Waals surface area (Å²) in [5, 5.41) is 6.94. The van der Waals surface area contributed by atoms with Crippen molar-refractivity contribution in [3.05, 3.63) is 58.7 Å². The first kappa shape index (κ1) is 16.6. The molecule has 0 aliphatic heterocycles. The number of rotatable bonds is 4. The van der Waals surface area contributed by atoms with E-state index in [1.54, 1.807) is 24.3 Å². The van der Waals surface area contributed by atoms with E-state index in [1.807, 2.05) is 19.9 Å². The fourth-order valence-electron chi connectivity index (χ4n) is 2.40. The highest BCUT2D eigenvalue weighted by Crippen LogP contribution is 2.07. The molecule has 0 radical (unpaired) electrons. The second-order valence-electron chi connectivity index (χ2n) is 5.56. The quantitative estimate of drug-likeness (QED) is 0.723. The molecule has 2 heterocycles. The lowest BCUT2D eigenvalue weighted by Crippen LogP contribution is -2.24. The third-order valence-corrected chi connectivity index (χ3v) is 3.65. The molecule has 0 fully saturated rings. The lowest BCUT2D eigenvalue weighted by molar-refractivity contribution is 0.0600. The van der Waals surface area contributed by atoms with Crippen LogP contribution in [0.15, 0.2) is 30.3 Å². The molecule has 25 heavy (non-hydrogen) atoms. The predicted octanol–water partition coefficient (Wildman–Crippen LogP) is 1.46. The van der Waals surface area contributed by atoms with Gasteiger partial charge in [0.2, 0.25) is 5.82 Å². The monoisotopic (exact) mass is 339 g/mol. The van der Waals surface area contributed by atoms with Gasteiger partial charge in [-0.05, 0) is 37.6 Å². The van der Waals surface area contributed by atoms with Crippen molar-refractivity contribution >= 4 is 17.7 Å². The Kier molecular flexibility index (Phi) is 4.42. The maximum atomic E-state index is 12.3. The Hall–Kier alpha value is -3.29. The van der Waals surface area contributed by atoms with Crippen LogP contribution < -0.4 is 5.32 Å². The maximum absolute atomic E-state index is 12.3. The van der Waals surface area contributed by atoms with Gasteiger partial charge in [0.15, 0.2) is 0 Å². The summed E-state index contributed by atoms with van der Waals surface area (Å²) in [6, 6.07) is 8.66. The third-order valence-electron chi connectivity index (χ3n) is 3.65. The number of aromatic nitrogens is 4. The van der Waals surface area contributed by atoms with Crippen LogP contribution in [0, 0.1) is 13.8 Å². The second-order valence-corrected chi connectivity index (χ2v) is 5.56. The number of carbonyl (C=O) groups is 2. The van der Waals surface area contributed by atoms with Crippen molar-refractivity contribution in [2.45, 2.75) is 20.4 Å². The van der Waals surface area contributed by atoms with Crippen LogP contribution in [-0.2, 0) is 11.3 Å². The largest absolute Gasteiger partial charge is 0.465 e. The van der Waals surface area contributed by atoms with Crippen molar-refractivity contribution in [3.8, 4) is 0 Å². The molecular formula is C17H17N5O3. The van der Waals surface area contributed by atoms with Crippen molar-refractivity contribution in [2.75, 3.05) is 7.11 Å². The minimum Gasteiger partial charge on any atom is -0.465 e. The van der Waals surface area contributed by atoms with Gasteiger partial charge in [-0.15, -0.1) is 5.10 Å². The van der Waals surface area contributed by atoms with E-state index in [9.17, 15) is 9.59 Å². The van der Waals surface area contributed by atoms with Crippen molar-refractivity contribution in [1.82, 2.24) is 24.9 Å². The van der Waals surface area contributed by atoms with Crippen LogP contribution in [0.5, 0.6) is 0 Å². The molecular weight excluding hydrogens is 322 g/mol. The summed E-state index contributed by atoms with van der Waals surface area (Å²) in [4.78, 5) is 32.1. The molecule has 0 unspecified atom stereocenters. The fourth-order valence-corrected chi connectivity index (χ4v) is 2.40. The zero-order valence-corrected chi connectivity index (χ0v) is 14.1. The fraction of sp³-hybridized carbons (Fsp3) is 0.235. The number of hydrogen-bond donors (Lipinski definition) is 1. The van der Waals surface area contributed by atoms with Gasteiger partial charge in [-0.25, -0.2) is 14.3 Å². The SMILES string of the molecule is COC(=O)c1ccc(CNC(=O)c2nc3nc(C)cc(C)n3n2)cc1. The normalized spacial score (nSPS) is 10.7. The molecule has 0 atom stereocenters. The van der Waals surface area contributed by atoms with Gasteiger partial charge in [0, 0.05) is 17.9 Å². The summed E-state index contributed by atoms with van der Waals surface area (Å²) in [6.45, 7) is 4.03. The van der Waals surface area contributed by atoms with E-state index < -0.39 is 5.97 Å². The van der Waals surface area contributed by atoms with Crippen LogP contribution >= 0.6 is 0 Å². The Labute approximate surface area is 143 Å². The number of esters is 1. The highest BCUT2D eigenvalue weighted by molar-refractivity contribution is 5.91. The van der Waals surface area contributed by atoms with Gasteiger partial charge in [0.1, 0.15) is 0 Å². The number of amides is 1. The Morgan fingerprint density at radius 1 is 1.16 bits per heavy atom. The Bertz CT molecular complexity index is 947. The summed E-state index contributed by atoms with van der Waals surface area (Å²) < 4.78 is 6.18. The minimum atomic E-state index is -0.400. The van der Waals surface area contributed by atoms with Crippen molar-refractivity contribution in [3.63, 3.8) is 0 Å². The molecule has 8 nitrogen and oxygen atoms in total. The molecule has 0 saturated heterocycles. The van der Waals surface area contributed by atoms with Gasteiger partial charge in [-0.3, -0.25) is 4.79 Å². The zero-order chi connectivity index (χ0) is 18.0. The maximum Gasteiger partial charge on any atom is 0.337 e. The second kappa shape index (κ2) is 6.68. The molecule has 0 bridgehead atoms. The Balaban J connectivity index is 1.70. The summed E-state index contributed by atoms with van der Waals surface area (Å²) in [7, 11) is 1.33. The van der Waals surface area contributed by atoms with E-state index in [1.165, 1.54) is 11.6 Å². The number of carbonyl (C=O) groups excluding carboxylic acids is 2. The number of nitrogens with one attached hydrogen (secondary N) is 1. The van der Waals surface area contributed by atoms with Crippen LogP contribution in [0.3, 0.4) is 0 Å². The standard InChI is InChI=1S/C17H17N5O3/c1-10-8-11(2)22-17(19-10)20-14(21-22)15(23)18-9-12-4-6-13(7-5-12)16(24)25-3/h4-8H,9H2,1-3H3,(H,18,23). The highest BCUT2D eigenvalue weighted by atomic mass is 16.5. The lowest BCUT2D eigenvalue weighted by Gasteiger charge is -2.04. The lowest BCUT2D eigenvalue weighted by atomic mass is 10.1. The van der Waals surface area contributed by atoms with Crippen molar-refractivity contribution in [2.24, 2.45) is 0 Å². The first-order valence-electron chi connectivity index (χ1n) is 7.64. The van der Waals surface area contributed by atoms with E-state index in [2.05, 4.69) is 25.1 Å². The molecule has 1 N–H and O–H groups in total. The van der Waals surface area contributed by atoms with Gasteiger partial charge < -0.3 is 10.1 Å². The summed E-state index contributed by atoms with van der Waals surface area (Å²) >= 11 is 0. The van der Waals surface area contributed by atoms with Crippen molar-refractivity contribution < 1.29 is 14.3 Å². The number of methoxy groups -OCH3 is 1. The summed E-state index contributed by atoms with van der Waals surface area (Å²) in [5.74, 6) is -0.334. The molecule has 3 aromatic rings. The van der Waals surface area contributed by atoms with Crippen LogP contribution in [0.4, 0.5) is 0 Å². The van der Waals surface area contributed by atoms with Gasteiger partial charge in [0.25, 0.3) is 11.7 Å². The number of fused-ring (bicyclic) bond motifs is 1. The van der Waals surface area contributed by atoms with Gasteiger partial charge in [-0.2, -0.15) is 4.98 Å². The van der Waals surface area contributed by atoms with Crippen LogP contribution in [0.1, 0.15) is 37.9 Å². The van der Waals surface area contributed by atoms with E-state index in [0.717, 1.165) is 17.0 Å². The molecule has 3 rings (SSSR count). The minimum absolute atomic E-state index is 0.0624. The first-order chi connectivity index (χ1) is 12.0. The molecule has 0 saturated carbocycles. The van der Waals surface area contributed by atoms with E-state index in [0.29, 0.717) is 17.9 Å². The molecule has 1 amide bonds. The molecule has 0 aliphatic rings. The first-order valence-corrected chi connectivity index (χ1v) is 7.64. The molecule has 0 spiro atoms. The van der Waals surface area contributed by atoms with E-state index in [-0.39, 0.29) is 11.7 Å². The average molecular weight is 339 g/mol. The van der Waals surface area contributed by atoms with Crippen LogP contribution in [-0.4, -0.2) is 38.6 Å². The third kappa shape index (κ3) is 3.47. The number of hydrogen-bond acceptors (Lipinski definition) is 6.